The molecular weight excluding hydrogens is 286 g/mol. The van der Waals surface area contributed by atoms with Crippen LogP contribution in [0.15, 0.2) is 29.2 Å². The molecule has 0 radical (unpaired) electrons. The number of rotatable bonds is 4. The number of nitrogens with one attached hydrogen (secondary N) is 2. The molecule has 4 N–H and O–H groups in total. The molecule has 104 valence electrons. The normalized spacial score (nSPS) is 19.3. The zero-order chi connectivity index (χ0) is 13.9. The van der Waals surface area contributed by atoms with Crippen LogP contribution in [0.5, 0.6) is 0 Å². The lowest BCUT2D eigenvalue weighted by Crippen LogP contribution is -2.41. The highest BCUT2D eigenvalue weighted by Gasteiger charge is 2.21. The summed E-state index contributed by atoms with van der Waals surface area (Å²) >= 11 is 1.67. The molecule has 1 aliphatic heterocycles. The molecule has 0 bridgehead atoms. The van der Waals surface area contributed by atoms with Gasteiger partial charge in [0.05, 0.1) is 10.9 Å². The van der Waals surface area contributed by atoms with Crippen LogP contribution in [-0.2, 0) is 21.4 Å². The Labute approximate surface area is 116 Å². The molecule has 0 aromatic heterocycles. The molecule has 1 saturated heterocycles. The van der Waals surface area contributed by atoms with E-state index in [0.717, 1.165) is 11.6 Å². The number of primary sulfonamides is 1. The third kappa shape index (κ3) is 3.93. The van der Waals surface area contributed by atoms with Gasteiger partial charge in [0.1, 0.15) is 0 Å². The lowest BCUT2D eigenvalue weighted by Gasteiger charge is -2.10. The van der Waals surface area contributed by atoms with Gasteiger partial charge in [0, 0.05) is 18.2 Å². The first-order chi connectivity index (χ1) is 8.97. The van der Waals surface area contributed by atoms with Gasteiger partial charge in [0.25, 0.3) is 0 Å². The number of sulfonamides is 1. The van der Waals surface area contributed by atoms with Gasteiger partial charge in [-0.3, -0.25) is 10.1 Å². The molecule has 1 heterocycles. The third-order valence-electron chi connectivity index (χ3n) is 2.73. The molecule has 1 aromatic rings. The summed E-state index contributed by atoms with van der Waals surface area (Å²) in [6.45, 7) is 0.283. The molecule has 1 fully saturated rings. The van der Waals surface area contributed by atoms with E-state index in [1.165, 1.54) is 12.1 Å². The zero-order valence-corrected chi connectivity index (χ0v) is 11.8. The van der Waals surface area contributed by atoms with Crippen LogP contribution >= 0.6 is 11.8 Å². The van der Waals surface area contributed by atoms with Gasteiger partial charge in [-0.15, -0.1) is 11.8 Å². The van der Waals surface area contributed by atoms with E-state index in [2.05, 4.69) is 10.6 Å². The number of amides is 1. The van der Waals surface area contributed by atoms with Gasteiger partial charge in [-0.25, -0.2) is 13.6 Å². The van der Waals surface area contributed by atoms with Gasteiger partial charge < -0.3 is 5.32 Å². The summed E-state index contributed by atoms with van der Waals surface area (Å²) in [6, 6.07) is 6.06. The monoisotopic (exact) mass is 301 g/mol. The minimum atomic E-state index is -3.71. The number of carbonyl (C=O) groups is 1. The van der Waals surface area contributed by atoms with Crippen molar-refractivity contribution in [3.8, 4) is 0 Å². The second-order valence-electron chi connectivity index (χ2n) is 4.18. The quantitative estimate of drug-likeness (QED) is 0.703. The summed E-state index contributed by atoms with van der Waals surface area (Å²) in [5.74, 6) is 1.45. The summed E-state index contributed by atoms with van der Waals surface area (Å²) in [5.41, 5.74) is 0.700. The van der Waals surface area contributed by atoms with Crippen molar-refractivity contribution in [1.82, 2.24) is 10.6 Å². The zero-order valence-electron chi connectivity index (χ0n) is 10.1. The molecular formula is C11H15N3O3S2. The van der Waals surface area contributed by atoms with Crippen molar-refractivity contribution in [2.45, 2.75) is 17.5 Å². The topological polar surface area (TPSA) is 101 Å². The molecule has 2 rings (SSSR count). The standard InChI is InChI=1S/C11H15N3O3S2/c12-19(16,17)9-3-1-2-8(4-9)5-13-11(15)10-6-18-7-14-10/h1-4,10,14H,5-7H2,(H,13,15)(H2,12,16,17). The number of carbonyl (C=O) groups excluding carboxylic acids is 1. The van der Waals surface area contributed by atoms with E-state index in [-0.39, 0.29) is 23.4 Å². The van der Waals surface area contributed by atoms with E-state index in [9.17, 15) is 13.2 Å². The minimum absolute atomic E-state index is 0.0498. The maximum atomic E-state index is 11.8. The minimum Gasteiger partial charge on any atom is -0.351 e. The largest absolute Gasteiger partial charge is 0.351 e. The summed E-state index contributed by atoms with van der Waals surface area (Å²) in [7, 11) is -3.71. The molecule has 0 saturated carbocycles. The highest BCUT2D eigenvalue weighted by molar-refractivity contribution is 7.99. The number of hydrogen-bond acceptors (Lipinski definition) is 5. The van der Waals surface area contributed by atoms with Crippen molar-refractivity contribution in [3.05, 3.63) is 29.8 Å². The van der Waals surface area contributed by atoms with Crippen molar-refractivity contribution < 1.29 is 13.2 Å². The van der Waals surface area contributed by atoms with Crippen molar-refractivity contribution >= 4 is 27.7 Å². The van der Waals surface area contributed by atoms with Gasteiger partial charge in [0.15, 0.2) is 0 Å². The Balaban J connectivity index is 1.98. The van der Waals surface area contributed by atoms with Gasteiger partial charge in [-0.2, -0.15) is 0 Å². The average molecular weight is 301 g/mol. The third-order valence-corrected chi connectivity index (χ3v) is 4.58. The Morgan fingerprint density at radius 2 is 2.32 bits per heavy atom. The highest BCUT2D eigenvalue weighted by Crippen LogP contribution is 2.11. The van der Waals surface area contributed by atoms with Gasteiger partial charge in [-0.05, 0) is 17.7 Å². The first-order valence-electron chi connectivity index (χ1n) is 5.67. The van der Waals surface area contributed by atoms with Crippen molar-refractivity contribution in [2.75, 3.05) is 11.6 Å². The Morgan fingerprint density at radius 3 is 2.95 bits per heavy atom. The average Bonchev–Trinajstić information content (AvgIpc) is 2.89. The number of nitrogens with two attached hydrogens (primary N) is 1. The Kier molecular flexibility index (Phi) is 4.46. The van der Waals surface area contributed by atoms with E-state index in [4.69, 9.17) is 5.14 Å². The van der Waals surface area contributed by atoms with E-state index >= 15 is 0 Å². The molecule has 6 nitrogen and oxygen atoms in total. The molecule has 0 spiro atoms. The van der Waals surface area contributed by atoms with Crippen LogP contribution in [0.2, 0.25) is 0 Å². The summed E-state index contributed by atoms with van der Waals surface area (Å²) in [5, 5.41) is 10.9. The van der Waals surface area contributed by atoms with Gasteiger partial charge >= 0.3 is 0 Å². The molecule has 1 aromatic carbocycles. The molecule has 0 aliphatic carbocycles. The molecule has 1 unspecified atom stereocenters. The Morgan fingerprint density at radius 1 is 1.53 bits per heavy atom. The van der Waals surface area contributed by atoms with Crippen molar-refractivity contribution in [3.63, 3.8) is 0 Å². The first kappa shape index (κ1) is 14.3. The lowest BCUT2D eigenvalue weighted by molar-refractivity contribution is -0.122. The number of benzene rings is 1. The molecule has 1 amide bonds. The lowest BCUT2D eigenvalue weighted by atomic mass is 10.2. The van der Waals surface area contributed by atoms with Crippen molar-refractivity contribution in [1.29, 1.82) is 0 Å². The van der Waals surface area contributed by atoms with Gasteiger partial charge in [-0.1, -0.05) is 12.1 Å². The predicted octanol–water partition coefficient (Wildman–Crippen LogP) is -0.387. The van der Waals surface area contributed by atoms with Crippen molar-refractivity contribution in [2.24, 2.45) is 5.14 Å². The summed E-state index contributed by atoms with van der Waals surface area (Å²) in [4.78, 5) is 11.8. The second kappa shape index (κ2) is 5.91. The Hall–Kier alpha value is -1.09. The van der Waals surface area contributed by atoms with E-state index in [1.807, 2.05) is 0 Å². The second-order valence-corrected chi connectivity index (χ2v) is 6.77. The molecule has 1 atom stereocenters. The predicted molar refractivity (Wildman–Crippen MR) is 73.9 cm³/mol. The highest BCUT2D eigenvalue weighted by atomic mass is 32.2. The van der Waals surface area contributed by atoms with E-state index in [0.29, 0.717) is 5.56 Å². The molecule has 1 aliphatic rings. The van der Waals surface area contributed by atoms with Crippen LogP contribution in [0.4, 0.5) is 0 Å². The Bertz CT molecular complexity index is 568. The fourth-order valence-electron chi connectivity index (χ4n) is 1.71. The molecule has 19 heavy (non-hydrogen) atoms. The van der Waals surface area contributed by atoms with Crippen LogP contribution < -0.4 is 15.8 Å². The van der Waals surface area contributed by atoms with E-state index in [1.54, 1.807) is 23.9 Å². The van der Waals surface area contributed by atoms with Gasteiger partial charge in [0.2, 0.25) is 15.9 Å². The maximum absolute atomic E-state index is 11.8. The first-order valence-corrected chi connectivity index (χ1v) is 8.37. The SMILES string of the molecule is NS(=O)(=O)c1cccc(CNC(=O)C2CSCN2)c1. The fraction of sp³-hybridized carbons (Fsp3) is 0.364. The van der Waals surface area contributed by atoms with E-state index < -0.39 is 10.0 Å². The fourth-order valence-corrected chi connectivity index (χ4v) is 3.23. The smallest absolute Gasteiger partial charge is 0.238 e. The van der Waals surface area contributed by atoms with Crippen LogP contribution in [0.1, 0.15) is 5.56 Å². The number of hydrogen-bond donors (Lipinski definition) is 3. The summed E-state index contributed by atoms with van der Waals surface area (Å²) < 4.78 is 22.4. The maximum Gasteiger partial charge on any atom is 0.238 e. The van der Waals surface area contributed by atoms with Crippen LogP contribution in [0, 0.1) is 0 Å². The number of thioether (sulfide) groups is 1. The molecule has 8 heteroatoms. The van der Waals surface area contributed by atoms with Crippen LogP contribution in [-0.4, -0.2) is 32.0 Å². The summed E-state index contributed by atoms with van der Waals surface area (Å²) in [6.07, 6.45) is 0. The van der Waals surface area contributed by atoms with Crippen LogP contribution in [0.3, 0.4) is 0 Å². The van der Waals surface area contributed by atoms with Crippen LogP contribution in [0.25, 0.3) is 0 Å².